The Morgan fingerprint density at radius 3 is 2.45 bits per heavy atom. The van der Waals surface area contributed by atoms with E-state index in [9.17, 15) is 13.2 Å². The molecule has 2 aromatic rings. The van der Waals surface area contributed by atoms with Gasteiger partial charge in [0.2, 0.25) is 10.0 Å². The third kappa shape index (κ3) is 5.37. The van der Waals surface area contributed by atoms with Crippen LogP contribution in [0.25, 0.3) is 0 Å². The SMILES string of the molecule is Cc1ccc(N2CCN(CCCC3OC(=O)c4cc(NS(C)(=O)=O)ccc43)CC2)cc1. The molecule has 2 heterocycles. The standard InChI is InChI=1S/C23H29N3O4S/c1-17-5-8-19(9-6-17)26-14-12-25(13-15-26)11-3-4-22-20-10-7-18(24-31(2,28)29)16-21(20)23(27)30-22/h5-10,16,22,24H,3-4,11-15H2,1-2H3. The number of hydrogen-bond donors (Lipinski definition) is 1. The summed E-state index contributed by atoms with van der Waals surface area (Å²) in [7, 11) is -3.39. The molecular weight excluding hydrogens is 414 g/mol. The molecule has 2 aliphatic rings. The molecule has 0 bridgehead atoms. The highest BCUT2D eigenvalue weighted by atomic mass is 32.2. The number of aryl methyl sites for hydroxylation is 1. The van der Waals surface area contributed by atoms with E-state index < -0.39 is 10.0 Å². The molecule has 0 amide bonds. The molecule has 2 aromatic carbocycles. The molecule has 31 heavy (non-hydrogen) atoms. The molecule has 4 rings (SSSR count). The quantitative estimate of drug-likeness (QED) is 0.662. The second-order valence-corrected chi connectivity index (χ2v) is 10.1. The topological polar surface area (TPSA) is 79.0 Å². The number of cyclic esters (lactones) is 1. The molecule has 1 unspecified atom stereocenters. The molecule has 8 heteroatoms. The predicted octanol–water partition coefficient (Wildman–Crippen LogP) is 3.18. The van der Waals surface area contributed by atoms with Crippen LogP contribution in [-0.2, 0) is 14.8 Å². The minimum atomic E-state index is -3.39. The second kappa shape index (κ2) is 8.88. The lowest BCUT2D eigenvalue weighted by atomic mass is 10.0. The van der Waals surface area contributed by atoms with Gasteiger partial charge in [-0.15, -0.1) is 0 Å². The van der Waals surface area contributed by atoms with Crippen molar-refractivity contribution in [2.75, 3.05) is 48.6 Å². The van der Waals surface area contributed by atoms with Crippen LogP contribution in [0, 0.1) is 6.92 Å². The largest absolute Gasteiger partial charge is 0.454 e. The predicted molar refractivity (Wildman–Crippen MR) is 122 cm³/mol. The van der Waals surface area contributed by atoms with Gasteiger partial charge in [-0.05, 0) is 50.6 Å². The van der Waals surface area contributed by atoms with Gasteiger partial charge in [-0.2, -0.15) is 0 Å². The van der Waals surface area contributed by atoms with Crippen molar-refractivity contribution < 1.29 is 17.9 Å². The minimum absolute atomic E-state index is 0.261. The van der Waals surface area contributed by atoms with Crippen LogP contribution in [0.1, 0.15) is 40.4 Å². The number of hydrogen-bond acceptors (Lipinski definition) is 6. The fraction of sp³-hybridized carbons (Fsp3) is 0.435. The lowest BCUT2D eigenvalue weighted by molar-refractivity contribution is 0.0358. The zero-order valence-electron chi connectivity index (χ0n) is 18.0. The van der Waals surface area contributed by atoms with E-state index in [0.29, 0.717) is 11.3 Å². The maximum absolute atomic E-state index is 12.2. The molecule has 0 saturated carbocycles. The van der Waals surface area contributed by atoms with Crippen molar-refractivity contribution in [3.05, 3.63) is 59.2 Å². The maximum Gasteiger partial charge on any atom is 0.339 e. The maximum atomic E-state index is 12.2. The summed E-state index contributed by atoms with van der Waals surface area (Å²) in [5.41, 5.74) is 4.23. The van der Waals surface area contributed by atoms with E-state index in [2.05, 4.69) is 45.7 Å². The van der Waals surface area contributed by atoms with Gasteiger partial charge in [0.05, 0.1) is 11.8 Å². The van der Waals surface area contributed by atoms with Crippen LogP contribution < -0.4 is 9.62 Å². The third-order valence-electron chi connectivity index (χ3n) is 5.88. The fourth-order valence-electron chi connectivity index (χ4n) is 4.25. The molecule has 166 valence electrons. The highest BCUT2D eigenvalue weighted by molar-refractivity contribution is 7.92. The van der Waals surface area contributed by atoms with Gasteiger partial charge < -0.3 is 9.64 Å². The van der Waals surface area contributed by atoms with Gasteiger partial charge >= 0.3 is 5.97 Å². The number of ether oxygens (including phenoxy) is 1. The van der Waals surface area contributed by atoms with Crippen LogP contribution in [0.15, 0.2) is 42.5 Å². The van der Waals surface area contributed by atoms with Crippen LogP contribution in [0.4, 0.5) is 11.4 Å². The molecule has 7 nitrogen and oxygen atoms in total. The summed E-state index contributed by atoms with van der Waals surface area (Å²) in [5.74, 6) is -0.385. The summed E-state index contributed by atoms with van der Waals surface area (Å²) in [4.78, 5) is 17.1. The van der Waals surface area contributed by atoms with E-state index in [1.165, 1.54) is 11.3 Å². The van der Waals surface area contributed by atoms with E-state index in [1.54, 1.807) is 18.2 Å². The van der Waals surface area contributed by atoms with Gasteiger partial charge in [0, 0.05) is 43.1 Å². The first-order valence-electron chi connectivity index (χ1n) is 10.7. The highest BCUT2D eigenvalue weighted by Crippen LogP contribution is 2.35. The van der Waals surface area contributed by atoms with Crippen molar-refractivity contribution in [3.8, 4) is 0 Å². The number of nitrogens with one attached hydrogen (secondary N) is 1. The number of anilines is 2. The Hall–Kier alpha value is -2.58. The van der Waals surface area contributed by atoms with Gasteiger partial charge in [-0.25, -0.2) is 13.2 Å². The van der Waals surface area contributed by atoms with Gasteiger partial charge in [0.15, 0.2) is 0 Å². The summed E-state index contributed by atoms with van der Waals surface area (Å²) in [6.07, 6.45) is 2.52. The van der Waals surface area contributed by atoms with Crippen LogP contribution in [0.2, 0.25) is 0 Å². The van der Waals surface area contributed by atoms with Crippen molar-refractivity contribution in [2.45, 2.75) is 25.9 Å². The molecule has 0 aromatic heterocycles. The number of fused-ring (bicyclic) bond motifs is 1. The molecule has 2 aliphatic heterocycles. The van der Waals surface area contributed by atoms with Crippen molar-refractivity contribution in [3.63, 3.8) is 0 Å². The first-order valence-corrected chi connectivity index (χ1v) is 12.5. The Bertz CT molecular complexity index is 1040. The number of piperazine rings is 1. The van der Waals surface area contributed by atoms with Crippen molar-refractivity contribution in [1.29, 1.82) is 0 Å². The van der Waals surface area contributed by atoms with Crippen LogP contribution >= 0.6 is 0 Å². The Morgan fingerprint density at radius 2 is 1.77 bits per heavy atom. The lowest BCUT2D eigenvalue weighted by Crippen LogP contribution is -2.46. The first-order chi connectivity index (χ1) is 14.8. The second-order valence-electron chi connectivity index (χ2n) is 8.38. The zero-order valence-corrected chi connectivity index (χ0v) is 18.8. The highest BCUT2D eigenvalue weighted by Gasteiger charge is 2.31. The summed E-state index contributed by atoms with van der Waals surface area (Å²) >= 11 is 0. The molecule has 0 aliphatic carbocycles. The number of carbonyl (C=O) groups is 1. The van der Waals surface area contributed by atoms with Crippen molar-refractivity contribution in [1.82, 2.24) is 4.90 Å². The van der Waals surface area contributed by atoms with E-state index in [0.717, 1.165) is 57.4 Å². The average Bonchev–Trinajstić information content (AvgIpc) is 3.03. The van der Waals surface area contributed by atoms with E-state index >= 15 is 0 Å². The fourth-order valence-corrected chi connectivity index (χ4v) is 4.80. The van der Waals surface area contributed by atoms with E-state index in [-0.39, 0.29) is 12.1 Å². The molecule has 1 saturated heterocycles. The summed E-state index contributed by atoms with van der Waals surface area (Å²) in [5, 5.41) is 0. The molecular formula is C23H29N3O4S. The summed E-state index contributed by atoms with van der Waals surface area (Å²) in [6, 6.07) is 13.7. The zero-order chi connectivity index (χ0) is 22.0. The minimum Gasteiger partial charge on any atom is -0.454 e. The Morgan fingerprint density at radius 1 is 1.06 bits per heavy atom. The number of rotatable bonds is 7. The lowest BCUT2D eigenvalue weighted by Gasteiger charge is -2.36. The van der Waals surface area contributed by atoms with Crippen LogP contribution in [0.3, 0.4) is 0 Å². The molecule has 1 N–H and O–H groups in total. The molecule has 1 atom stereocenters. The number of esters is 1. The smallest absolute Gasteiger partial charge is 0.339 e. The van der Waals surface area contributed by atoms with Crippen LogP contribution in [-0.4, -0.2) is 58.3 Å². The Balaban J connectivity index is 1.27. The van der Waals surface area contributed by atoms with Gasteiger partial charge in [-0.3, -0.25) is 9.62 Å². The number of benzene rings is 2. The average molecular weight is 444 g/mol. The normalized spacial score (nSPS) is 19.2. The molecule has 0 spiro atoms. The monoisotopic (exact) mass is 443 g/mol. The molecule has 1 fully saturated rings. The number of carbonyl (C=O) groups excluding carboxylic acids is 1. The summed E-state index contributed by atoms with van der Waals surface area (Å²) < 4.78 is 30.8. The van der Waals surface area contributed by atoms with Gasteiger partial charge in [0.25, 0.3) is 0 Å². The summed E-state index contributed by atoms with van der Waals surface area (Å²) in [6.45, 7) is 7.15. The van der Waals surface area contributed by atoms with Crippen molar-refractivity contribution >= 4 is 27.4 Å². The third-order valence-corrected chi connectivity index (χ3v) is 6.49. The Kier molecular flexibility index (Phi) is 6.20. The van der Waals surface area contributed by atoms with E-state index in [4.69, 9.17) is 4.74 Å². The number of sulfonamides is 1. The van der Waals surface area contributed by atoms with E-state index in [1.807, 2.05) is 0 Å². The van der Waals surface area contributed by atoms with Crippen molar-refractivity contribution in [2.24, 2.45) is 0 Å². The molecule has 0 radical (unpaired) electrons. The van der Waals surface area contributed by atoms with Crippen LogP contribution in [0.5, 0.6) is 0 Å². The van der Waals surface area contributed by atoms with Gasteiger partial charge in [-0.1, -0.05) is 23.8 Å². The number of nitrogens with zero attached hydrogens (tertiary/aromatic N) is 2. The first kappa shape index (κ1) is 21.6. The Labute approximate surface area is 184 Å². The van der Waals surface area contributed by atoms with Gasteiger partial charge in [0.1, 0.15) is 6.10 Å².